The number of benzene rings is 4. The molecule has 5 rings (SSSR count). The molecule has 0 bridgehead atoms. The van der Waals surface area contributed by atoms with Crippen molar-refractivity contribution in [3.63, 3.8) is 0 Å². The summed E-state index contributed by atoms with van der Waals surface area (Å²) in [6.45, 7) is 4.56. The molecule has 12 heteroatoms. The third-order valence-electron chi connectivity index (χ3n) is 8.71. The van der Waals surface area contributed by atoms with E-state index in [4.69, 9.17) is 42.3 Å². The highest BCUT2D eigenvalue weighted by molar-refractivity contribution is 6.02. The Morgan fingerprint density at radius 1 is 0.667 bits per heavy atom. The summed E-state index contributed by atoms with van der Waals surface area (Å²) in [4.78, 5) is 26.6. The average molecular weight is 740 g/mol. The maximum absolute atomic E-state index is 14.1. The average Bonchev–Trinajstić information content (AvgIpc) is 3.19. The molecule has 0 fully saturated rings. The second-order valence-electron chi connectivity index (χ2n) is 12.1. The zero-order chi connectivity index (χ0) is 38.8. The minimum absolute atomic E-state index is 0.00543. The number of ether oxygens (including phenoxy) is 8. The zero-order valence-corrected chi connectivity index (χ0v) is 31.7. The Balaban J connectivity index is 1.28. The molecule has 0 saturated heterocycles. The van der Waals surface area contributed by atoms with Gasteiger partial charge in [-0.1, -0.05) is 12.1 Å². The molecule has 0 saturated carbocycles. The minimum atomic E-state index is -0.419. The van der Waals surface area contributed by atoms with Crippen LogP contribution in [0.3, 0.4) is 0 Å². The van der Waals surface area contributed by atoms with E-state index in [2.05, 4.69) is 5.32 Å². The van der Waals surface area contributed by atoms with Crippen molar-refractivity contribution in [3.8, 4) is 57.3 Å². The van der Waals surface area contributed by atoms with Crippen molar-refractivity contribution in [1.82, 2.24) is 0 Å². The molecule has 0 radical (unpaired) electrons. The fourth-order valence-corrected chi connectivity index (χ4v) is 5.70. The Bertz CT molecular complexity index is 2180. The SMILES string of the molecule is COc1cc(OC)c2c(=O)c(OCCCCOc3ccc(/C=C/C(=O)Nc4ccc(C)c(C)c4)cc3OC)c(-c3cc(OC)c(OC)c(OC)c3)oc2c1. The third kappa shape index (κ3) is 8.83. The van der Waals surface area contributed by atoms with Crippen LogP contribution in [0.4, 0.5) is 5.69 Å². The fraction of sp³-hybridized carbons (Fsp3) is 0.286. The van der Waals surface area contributed by atoms with Gasteiger partial charge in [0.05, 0.1) is 55.9 Å². The molecule has 1 aromatic heterocycles. The van der Waals surface area contributed by atoms with Crippen molar-refractivity contribution >= 4 is 28.6 Å². The van der Waals surface area contributed by atoms with Gasteiger partial charge in [-0.3, -0.25) is 9.59 Å². The quantitative estimate of drug-likeness (QED) is 0.0734. The molecular formula is C42H45NO11. The molecule has 0 aliphatic heterocycles. The van der Waals surface area contributed by atoms with Crippen LogP contribution in [-0.4, -0.2) is 61.8 Å². The van der Waals surface area contributed by atoms with Gasteiger partial charge in [-0.2, -0.15) is 0 Å². The van der Waals surface area contributed by atoms with E-state index in [0.717, 1.165) is 22.4 Å². The molecular weight excluding hydrogens is 694 g/mol. The number of fused-ring (bicyclic) bond motifs is 1. The Labute approximate surface area is 314 Å². The summed E-state index contributed by atoms with van der Waals surface area (Å²) in [5.41, 5.74) is 4.07. The molecule has 0 unspecified atom stereocenters. The predicted molar refractivity (Wildman–Crippen MR) is 207 cm³/mol. The first-order chi connectivity index (χ1) is 26.1. The largest absolute Gasteiger partial charge is 0.496 e. The number of hydrogen-bond acceptors (Lipinski definition) is 11. The second-order valence-corrected chi connectivity index (χ2v) is 12.1. The van der Waals surface area contributed by atoms with Crippen molar-refractivity contribution in [2.45, 2.75) is 26.7 Å². The Morgan fingerprint density at radius 2 is 1.35 bits per heavy atom. The van der Waals surface area contributed by atoms with Gasteiger partial charge >= 0.3 is 0 Å². The molecule has 0 atom stereocenters. The standard InChI is InChI=1S/C42H45NO11/c1-25-11-14-29(19-26(25)2)43-37(44)16-13-27-12-15-31(32(20-27)47-4)52-17-9-10-18-53-42-39(45)38-33(48-5)23-30(46-3)24-34(38)54-40(42)28-21-35(49-6)41(51-8)36(22-28)50-7/h11-16,19-24H,9-10,17-18H2,1-8H3,(H,43,44)/b16-13+. The van der Waals surface area contributed by atoms with Gasteiger partial charge in [0.25, 0.3) is 0 Å². The summed E-state index contributed by atoms with van der Waals surface area (Å²) < 4.78 is 51.7. The Morgan fingerprint density at radius 3 is 1.98 bits per heavy atom. The maximum atomic E-state index is 14.1. The van der Waals surface area contributed by atoms with Crippen molar-refractivity contribution in [1.29, 1.82) is 0 Å². The number of methoxy groups -OCH3 is 6. The van der Waals surface area contributed by atoms with E-state index >= 15 is 0 Å². The number of carbonyl (C=O) groups excluding carboxylic acids is 1. The molecule has 1 amide bonds. The van der Waals surface area contributed by atoms with Crippen LogP contribution in [0, 0.1) is 13.8 Å². The number of amides is 1. The number of unbranched alkanes of at least 4 members (excludes halogenated alkanes) is 1. The highest BCUT2D eigenvalue weighted by atomic mass is 16.5. The molecule has 4 aromatic carbocycles. The van der Waals surface area contributed by atoms with Gasteiger partial charge in [0.1, 0.15) is 22.5 Å². The first-order valence-corrected chi connectivity index (χ1v) is 17.2. The van der Waals surface area contributed by atoms with Gasteiger partial charge in [0, 0.05) is 29.5 Å². The van der Waals surface area contributed by atoms with Crippen LogP contribution in [0.2, 0.25) is 0 Å². The number of nitrogens with one attached hydrogen (secondary N) is 1. The molecule has 0 aliphatic carbocycles. The van der Waals surface area contributed by atoms with Gasteiger partial charge in [0.2, 0.25) is 22.8 Å². The molecule has 1 N–H and O–H groups in total. The topological polar surface area (TPSA) is 133 Å². The van der Waals surface area contributed by atoms with Crippen molar-refractivity contribution in [3.05, 3.63) is 93.7 Å². The number of aryl methyl sites for hydroxylation is 2. The lowest BCUT2D eigenvalue weighted by atomic mass is 10.1. The van der Waals surface area contributed by atoms with E-state index in [1.54, 1.807) is 49.6 Å². The number of anilines is 1. The summed E-state index contributed by atoms with van der Waals surface area (Å²) in [6.07, 6.45) is 4.33. The fourth-order valence-electron chi connectivity index (χ4n) is 5.70. The Kier molecular flexibility index (Phi) is 12.9. The molecule has 1 heterocycles. The number of carbonyl (C=O) groups is 1. The smallest absolute Gasteiger partial charge is 0.248 e. The third-order valence-corrected chi connectivity index (χ3v) is 8.71. The first kappa shape index (κ1) is 38.9. The highest BCUT2D eigenvalue weighted by Gasteiger charge is 2.24. The zero-order valence-electron chi connectivity index (χ0n) is 31.7. The lowest BCUT2D eigenvalue weighted by molar-refractivity contribution is -0.111. The van der Waals surface area contributed by atoms with Gasteiger partial charge in [-0.15, -0.1) is 0 Å². The van der Waals surface area contributed by atoms with E-state index in [1.807, 2.05) is 38.1 Å². The molecule has 5 aromatic rings. The summed E-state index contributed by atoms with van der Waals surface area (Å²) in [5, 5.41) is 3.09. The molecule has 54 heavy (non-hydrogen) atoms. The van der Waals surface area contributed by atoms with Crippen LogP contribution in [0.15, 0.2) is 76.0 Å². The summed E-state index contributed by atoms with van der Waals surface area (Å²) >= 11 is 0. The van der Waals surface area contributed by atoms with Gasteiger partial charge < -0.3 is 47.6 Å². The predicted octanol–water partition coefficient (Wildman–Crippen LogP) is 8.02. The van der Waals surface area contributed by atoms with Gasteiger partial charge in [-0.25, -0.2) is 0 Å². The maximum Gasteiger partial charge on any atom is 0.248 e. The van der Waals surface area contributed by atoms with E-state index in [-0.39, 0.29) is 40.7 Å². The number of hydrogen-bond donors (Lipinski definition) is 1. The summed E-state index contributed by atoms with van der Waals surface area (Å²) in [7, 11) is 9.05. The summed E-state index contributed by atoms with van der Waals surface area (Å²) in [6, 6.07) is 17.8. The van der Waals surface area contributed by atoms with E-state index in [0.29, 0.717) is 59.5 Å². The molecule has 0 spiro atoms. The van der Waals surface area contributed by atoms with Crippen LogP contribution >= 0.6 is 0 Å². The van der Waals surface area contributed by atoms with Crippen molar-refractivity contribution in [2.75, 3.05) is 61.2 Å². The second kappa shape index (κ2) is 18.0. The summed E-state index contributed by atoms with van der Waals surface area (Å²) in [5.74, 6) is 2.87. The van der Waals surface area contributed by atoms with E-state index in [9.17, 15) is 9.59 Å². The van der Waals surface area contributed by atoms with Crippen LogP contribution < -0.4 is 48.6 Å². The Hall–Kier alpha value is -6.30. The van der Waals surface area contributed by atoms with Crippen molar-refractivity contribution in [2.24, 2.45) is 0 Å². The first-order valence-electron chi connectivity index (χ1n) is 17.2. The van der Waals surface area contributed by atoms with Gasteiger partial charge in [-0.05, 0) is 85.9 Å². The van der Waals surface area contributed by atoms with Crippen LogP contribution in [-0.2, 0) is 4.79 Å². The lowest BCUT2D eigenvalue weighted by Gasteiger charge is -2.17. The normalized spacial score (nSPS) is 11.0. The van der Waals surface area contributed by atoms with Crippen molar-refractivity contribution < 1.29 is 47.1 Å². The molecule has 0 aliphatic rings. The lowest BCUT2D eigenvalue weighted by Crippen LogP contribution is -2.13. The molecule has 12 nitrogen and oxygen atoms in total. The van der Waals surface area contributed by atoms with Crippen LogP contribution in [0.1, 0.15) is 29.5 Å². The van der Waals surface area contributed by atoms with Crippen LogP contribution in [0.5, 0.6) is 46.0 Å². The monoisotopic (exact) mass is 739 g/mol. The van der Waals surface area contributed by atoms with E-state index in [1.165, 1.54) is 41.6 Å². The number of rotatable bonds is 17. The van der Waals surface area contributed by atoms with Gasteiger partial charge in [0.15, 0.2) is 28.8 Å². The molecule has 284 valence electrons. The van der Waals surface area contributed by atoms with E-state index < -0.39 is 5.43 Å². The van der Waals surface area contributed by atoms with Crippen LogP contribution in [0.25, 0.3) is 28.4 Å². The highest BCUT2D eigenvalue weighted by Crippen LogP contribution is 2.44. The minimum Gasteiger partial charge on any atom is -0.496 e.